The standard InChI is InChI=1S/C43H61N9O9/c1-27(11-5-8-20-44)48-39(54)32-24-29(15-18-37(32)60-3)49-43(58)35(13-7-10-22-46)52-41(56)33-25-30(16-19-38(33)61-4)50-42(57)34(12-6-9-21-45)51-40(55)31-23-28(47-26-53)14-17-36(31)59-2/h14-19,23-27,34-35H,5-13,20-22,44-46H2,1-4H3,(H,47,53)(H,48,54)(H,49,58)(H,50,57)(H,51,55)(H,52,56)/t27-,34?,35+/m1/s1. The first-order valence-electron chi connectivity index (χ1n) is 20.3. The highest BCUT2D eigenvalue weighted by atomic mass is 16.5. The zero-order valence-corrected chi connectivity index (χ0v) is 35.4. The number of carbonyl (C=O) groups is 6. The second-order valence-electron chi connectivity index (χ2n) is 14.3. The van der Waals surface area contributed by atoms with Gasteiger partial charge in [-0.15, -0.1) is 0 Å². The first-order chi connectivity index (χ1) is 29.4. The molecule has 18 nitrogen and oxygen atoms in total. The molecule has 3 atom stereocenters. The normalized spacial score (nSPS) is 12.2. The van der Waals surface area contributed by atoms with Crippen molar-refractivity contribution >= 4 is 53.0 Å². The van der Waals surface area contributed by atoms with E-state index in [1.54, 1.807) is 18.2 Å². The maximum absolute atomic E-state index is 13.9. The smallest absolute Gasteiger partial charge is 0.255 e. The molecule has 0 aliphatic rings. The Balaban J connectivity index is 1.84. The molecular weight excluding hydrogens is 787 g/mol. The zero-order valence-electron chi connectivity index (χ0n) is 35.4. The van der Waals surface area contributed by atoms with Crippen LogP contribution in [0.25, 0.3) is 0 Å². The van der Waals surface area contributed by atoms with Crippen LogP contribution in [0.1, 0.15) is 95.8 Å². The topological polar surface area (TPSA) is 280 Å². The Morgan fingerprint density at radius 3 is 1.28 bits per heavy atom. The van der Waals surface area contributed by atoms with Gasteiger partial charge in [-0.2, -0.15) is 0 Å². The molecule has 0 aliphatic carbocycles. The average molecular weight is 848 g/mol. The quantitative estimate of drug-likeness (QED) is 0.0395. The summed E-state index contributed by atoms with van der Waals surface area (Å²) in [4.78, 5) is 79.3. The minimum absolute atomic E-state index is 0.0221. The van der Waals surface area contributed by atoms with Crippen molar-refractivity contribution in [2.75, 3.05) is 56.9 Å². The molecule has 0 radical (unpaired) electrons. The summed E-state index contributed by atoms with van der Waals surface area (Å²) >= 11 is 0. The Bertz CT molecular complexity index is 1940. The number of nitrogens with two attached hydrogens (primary N) is 3. The molecule has 18 heteroatoms. The number of ether oxygens (including phenoxy) is 3. The molecule has 61 heavy (non-hydrogen) atoms. The number of unbranched alkanes of at least 4 members (excludes halogenated alkanes) is 3. The van der Waals surface area contributed by atoms with Crippen molar-refractivity contribution in [1.29, 1.82) is 0 Å². The van der Waals surface area contributed by atoms with Gasteiger partial charge in [0.15, 0.2) is 0 Å². The predicted octanol–water partition coefficient (Wildman–Crippen LogP) is 3.26. The van der Waals surface area contributed by atoms with Crippen LogP contribution in [-0.2, 0) is 14.4 Å². The molecule has 6 amide bonds. The number of hydrogen-bond donors (Lipinski definition) is 9. The van der Waals surface area contributed by atoms with E-state index in [0.29, 0.717) is 68.9 Å². The second-order valence-corrected chi connectivity index (χ2v) is 14.3. The lowest BCUT2D eigenvalue weighted by Gasteiger charge is -2.21. The number of methoxy groups -OCH3 is 3. The molecule has 0 fully saturated rings. The van der Waals surface area contributed by atoms with E-state index in [0.717, 1.165) is 19.3 Å². The summed E-state index contributed by atoms with van der Waals surface area (Å²) in [6.07, 6.45) is 5.62. The van der Waals surface area contributed by atoms with Crippen molar-refractivity contribution in [3.8, 4) is 17.2 Å². The second kappa shape index (κ2) is 26.1. The summed E-state index contributed by atoms with van der Waals surface area (Å²) in [6, 6.07) is 11.4. The molecule has 3 aromatic carbocycles. The zero-order chi connectivity index (χ0) is 44.7. The van der Waals surface area contributed by atoms with Gasteiger partial charge in [0.25, 0.3) is 17.7 Å². The molecule has 0 heterocycles. The third-order valence-corrected chi connectivity index (χ3v) is 9.70. The molecule has 332 valence electrons. The van der Waals surface area contributed by atoms with E-state index in [9.17, 15) is 28.8 Å². The van der Waals surface area contributed by atoms with Crippen LogP contribution in [0, 0.1) is 0 Å². The van der Waals surface area contributed by atoms with Gasteiger partial charge < -0.3 is 63.3 Å². The molecule has 0 aromatic heterocycles. The maximum atomic E-state index is 13.9. The van der Waals surface area contributed by atoms with Gasteiger partial charge >= 0.3 is 0 Å². The Morgan fingerprint density at radius 2 is 0.902 bits per heavy atom. The van der Waals surface area contributed by atoms with E-state index in [-0.39, 0.29) is 58.7 Å². The van der Waals surface area contributed by atoms with Crippen LogP contribution >= 0.6 is 0 Å². The highest BCUT2D eigenvalue weighted by molar-refractivity contribution is 6.06. The van der Waals surface area contributed by atoms with Crippen LogP contribution in [0.3, 0.4) is 0 Å². The predicted molar refractivity (Wildman–Crippen MR) is 234 cm³/mol. The van der Waals surface area contributed by atoms with Crippen molar-refractivity contribution in [3.63, 3.8) is 0 Å². The van der Waals surface area contributed by atoms with Crippen LogP contribution in [-0.4, -0.2) is 95.0 Å². The molecule has 0 saturated carbocycles. The molecule has 12 N–H and O–H groups in total. The average Bonchev–Trinajstić information content (AvgIpc) is 3.25. The van der Waals surface area contributed by atoms with Gasteiger partial charge in [0, 0.05) is 23.1 Å². The molecule has 0 saturated heterocycles. The first-order valence-corrected chi connectivity index (χ1v) is 20.3. The highest BCUT2D eigenvalue weighted by Gasteiger charge is 2.27. The Hall–Kier alpha value is -6.24. The summed E-state index contributed by atoms with van der Waals surface area (Å²) in [5.74, 6) is -2.05. The SMILES string of the molecule is COc1ccc(NC=O)cc1C(=O)NC(CCCCN)C(=O)Nc1ccc(OC)c(C(=O)N[C@@H](CCCCN)C(=O)Nc2ccc(OC)c(C(=O)N[C@H](C)CCCCN)c2)c1. The molecule has 3 rings (SSSR count). The van der Waals surface area contributed by atoms with E-state index in [2.05, 4.69) is 31.9 Å². The van der Waals surface area contributed by atoms with E-state index in [1.165, 1.54) is 57.7 Å². The lowest BCUT2D eigenvalue weighted by atomic mass is 10.1. The number of hydrogen-bond acceptors (Lipinski definition) is 12. The lowest BCUT2D eigenvalue weighted by Crippen LogP contribution is -2.44. The number of carbonyl (C=O) groups excluding carboxylic acids is 6. The fourth-order valence-electron chi connectivity index (χ4n) is 6.39. The van der Waals surface area contributed by atoms with E-state index >= 15 is 0 Å². The van der Waals surface area contributed by atoms with Gasteiger partial charge in [0.2, 0.25) is 18.2 Å². The maximum Gasteiger partial charge on any atom is 0.255 e. The number of nitrogens with one attached hydrogen (secondary N) is 6. The van der Waals surface area contributed by atoms with Crippen molar-refractivity contribution in [2.24, 2.45) is 17.2 Å². The summed E-state index contributed by atoms with van der Waals surface area (Å²) in [7, 11) is 4.22. The minimum Gasteiger partial charge on any atom is -0.496 e. The monoisotopic (exact) mass is 847 g/mol. The van der Waals surface area contributed by atoms with Crippen LogP contribution < -0.4 is 63.3 Å². The van der Waals surface area contributed by atoms with Gasteiger partial charge in [-0.05, 0) is 133 Å². The molecular formula is C43H61N9O9. The number of benzene rings is 3. The number of amides is 6. The van der Waals surface area contributed by atoms with E-state index in [4.69, 9.17) is 31.4 Å². The van der Waals surface area contributed by atoms with E-state index < -0.39 is 35.7 Å². The fraction of sp³-hybridized carbons (Fsp3) is 0.442. The van der Waals surface area contributed by atoms with Gasteiger partial charge in [-0.1, -0.05) is 6.42 Å². The fourth-order valence-corrected chi connectivity index (χ4v) is 6.39. The summed E-state index contributed by atoms with van der Waals surface area (Å²) in [6.45, 7) is 3.23. The summed E-state index contributed by atoms with van der Waals surface area (Å²) in [5.41, 5.74) is 18.3. The minimum atomic E-state index is -1.04. The van der Waals surface area contributed by atoms with Crippen molar-refractivity contribution < 1.29 is 43.0 Å². The Kier molecular flexibility index (Phi) is 21.0. The molecule has 0 bridgehead atoms. The van der Waals surface area contributed by atoms with Crippen molar-refractivity contribution in [2.45, 2.75) is 82.8 Å². The van der Waals surface area contributed by atoms with Crippen LogP contribution in [0.2, 0.25) is 0 Å². The molecule has 3 aromatic rings. The Morgan fingerprint density at radius 1 is 0.541 bits per heavy atom. The Labute approximate surface area is 356 Å². The van der Waals surface area contributed by atoms with Crippen LogP contribution in [0.4, 0.5) is 17.1 Å². The summed E-state index contributed by atoms with van der Waals surface area (Å²) in [5, 5.41) is 16.6. The molecule has 0 aliphatic heterocycles. The summed E-state index contributed by atoms with van der Waals surface area (Å²) < 4.78 is 16.3. The van der Waals surface area contributed by atoms with Gasteiger partial charge in [-0.3, -0.25) is 28.8 Å². The van der Waals surface area contributed by atoms with Gasteiger partial charge in [0.1, 0.15) is 29.3 Å². The third kappa shape index (κ3) is 15.4. The van der Waals surface area contributed by atoms with Gasteiger partial charge in [-0.25, -0.2) is 0 Å². The third-order valence-electron chi connectivity index (χ3n) is 9.70. The number of rotatable bonds is 27. The van der Waals surface area contributed by atoms with E-state index in [1.807, 2.05) is 6.92 Å². The van der Waals surface area contributed by atoms with Crippen LogP contribution in [0.15, 0.2) is 54.6 Å². The highest BCUT2D eigenvalue weighted by Crippen LogP contribution is 2.26. The lowest BCUT2D eigenvalue weighted by molar-refractivity contribution is -0.118. The molecule has 0 spiro atoms. The van der Waals surface area contributed by atoms with Crippen LogP contribution in [0.5, 0.6) is 17.2 Å². The van der Waals surface area contributed by atoms with Crippen molar-refractivity contribution in [3.05, 3.63) is 71.3 Å². The first kappa shape index (κ1) is 49.1. The number of anilines is 3. The molecule has 1 unspecified atom stereocenters. The van der Waals surface area contributed by atoms with Gasteiger partial charge in [0.05, 0.1) is 38.0 Å². The van der Waals surface area contributed by atoms with Crippen molar-refractivity contribution in [1.82, 2.24) is 16.0 Å². The largest absolute Gasteiger partial charge is 0.496 e.